The molecular formula is C46H74BrN4NaO6Si2. The number of fused-ring (bicyclic) bond motifs is 2. The third-order valence-corrected chi connectivity index (χ3v) is 20.4. The van der Waals surface area contributed by atoms with Gasteiger partial charge in [0.25, 0.3) is 0 Å². The topological polar surface area (TPSA) is 134 Å². The van der Waals surface area contributed by atoms with Gasteiger partial charge in [-0.05, 0) is 138 Å². The molecule has 2 atom stereocenters. The van der Waals surface area contributed by atoms with Gasteiger partial charge in [-0.3, -0.25) is 4.90 Å². The van der Waals surface area contributed by atoms with E-state index in [1.165, 1.54) is 4.90 Å². The van der Waals surface area contributed by atoms with Crippen LogP contribution in [0.2, 0.25) is 36.3 Å². The summed E-state index contributed by atoms with van der Waals surface area (Å²) in [5.41, 5.74) is 2.97. The molecule has 2 aliphatic carbocycles. The van der Waals surface area contributed by atoms with E-state index in [4.69, 9.17) is 25.0 Å². The third kappa shape index (κ3) is 16.8. The molecule has 0 spiro atoms. The normalized spacial score (nSPS) is 19.1. The van der Waals surface area contributed by atoms with Crippen LogP contribution >= 0.6 is 15.9 Å². The molecule has 2 aliphatic rings. The number of halogens is 1. The summed E-state index contributed by atoms with van der Waals surface area (Å²) < 4.78 is 40.7. The zero-order chi connectivity index (χ0) is 47.0. The first-order valence-corrected chi connectivity index (χ1v) is 27.5. The number of alkyl halides is 1. The van der Waals surface area contributed by atoms with Crippen LogP contribution in [-0.2, 0) is 31.2 Å². The van der Waals surface area contributed by atoms with Crippen LogP contribution in [0.4, 0.5) is 9.59 Å². The summed E-state index contributed by atoms with van der Waals surface area (Å²) in [4.78, 5) is 26.5. The van der Waals surface area contributed by atoms with Crippen LogP contribution in [0.15, 0.2) is 36.4 Å². The Hall–Kier alpha value is -2.21. The first kappa shape index (κ1) is 52.1. The number of nitrogens with one attached hydrogen (secondary N) is 1. The quantitative estimate of drug-likeness (QED) is 0.194. The number of carbonyl (C=O) groups is 2. The van der Waals surface area contributed by atoms with E-state index in [1.807, 2.05) is 26.8 Å². The van der Waals surface area contributed by atoms with Crippen LogP contribution in [0.1, 0.15) is 146 Å². The van der Waals surface area contributed by atoms with Crippen LogP contribution in [0.5, 0.6) is 0 Å². The minimum Gasteiger partial charge on any atom is -1.00 e. The summed E-state index contributed by atoms with van der Waals surface area (Å²) in [6.45, 7) is 34.4. The molecule has 2 aromatic rings. The van der Waals surface area contributed by atoms with Crippen molar-refractivity contribution in [3.8, 4) is 12.1 Å². The molecule has 2 aromatic carbocycles. The Balaban J connectivity index is 0.00000100. The van der Waals surface area contributed by atoms with Crippen LogP contribution < -0.4 is 34.9 Å². The van der Waals surface area contributed by atoms with Crippen LogP contribution in [-0.4, -0.2) is 70.0 Å². The smallest absolute Gasteiger partial charge is 1.00 e. The number of nitriles is 2. The fourth-order valence-corrected chi connectivity index (χ4v) is 8.39. The second-order valence-corrected chi connectivity index (χ2v) is 30.4. The first-order chi connectivity index (χ1) is 27.7. The summed E-state index contributed by atoms with van der Waals surface area (Å²) in [6.07, 6.45) is 0.943. The second kappa shape index (κ2) is 22.9. The van der Waals surface area contributed by atoms with Gasteiger partial charge in [0.05, 0.1) is 44.6 Å². The van der Waals surface area contributed by atoms with E-state index >= 15 is 0 Å². The molecule has 1 N–H and O–H groups in total. The molecule has 14 heteroatoms. The summed E-state index contributed by atoms with van der Waals surface area (Å²) in [7, 11) is -3.44. The van der Waals surface area contributed by atoms with Crippen LogP contribution in [0.25, 0.3) is 0 Å². The number of hydrogen-bond donors (Lipinski definition) is 1. The Labute approximate surface area is 399 Å². The number of hydrogen-bond acceptors (Lipinski definition) is 8. The molecule has 60 heavy (non-hydrogen) atoms. The Morgan fingerprint density at radius 1 is 0.783 bits per heavy atom. The number of amides is 2. The molecular weight excluding hydrogens is 864 g/mol. The van der Waals surface area contributed by atoms with Gasteiger partial charge in [-0.15, -0.1) is 0 Å². The maximum Gasteiger partial charge on any atom is 1.00 e. The van der Waals surface area contributed by atoms with Gasteiger partial charge in [-0.25, -0.2) is 9.59 Å². The summed E-state index contributed by atoms with van der Waals surface area (Å²) >= 11 is 3.37. The van der Waals surface area contributed by atoms with Crippen LogP contribution in [0.3, 0.4) is 0 Å². The van der Waals surface area contributed by atoms with Crippen molar-refractivity contribution in [3.05, 3.63) is 69.8 Å². The van der Waals surface area contributed by atoms with Crippen molar-refractivity contribution in [3.63, 3.8) is 0 Å². The molecule has 0 saturated heterocycles. The predicted molar refractivity (Wildman–Crippen MR) is 248 cm³/mol. The molecule has 2 amide bonds. The number of carbonyl (C=O) groups excluding carboxylic acids is 2. The van der Waals surface area contributed by atoms with E-state index in [2.05, 4.69) is 101 Å². The van der Waals surface area contributed by atoms with Crippen molar-refractivity contribution in [1.29, 1.82) is 10.5 Å². The van der Waals surface area contributed by atoms with E-state index in [9.17, 15) is 16.2 Å². The molecule has 0 fully saturated rings. The maximum absolute atomic E-state index is 13.1. The molecule has 330 valence electrons. The fraction of sp³-hybridized carbons (Fsp3) is 0.652. The van der Waals surface area contributed by atoms with Gasteiger partial charge in [0.15, 0.2) is 16.6 Å². The zero-order valence-corrected chi connectivity index (χ0v) is 45.4. The number of nitrogens with zero attached hydrogens (tertiary/aromatic N) is 3. The van der Waals surface area contributed by atoms with Crippen LogP contribution in [0, 0.1) is 22.7 Å². The predicted octanol–water partition coefficient (Wildman–Crippen LogP) is 9.39. The fourth-order valence-electron chi connectivity index (χ4n) is 5.85. The van der Waals surface area contributed by atoms with E-state index in [-0.39, 0.29) is 42.6 Å². The molecule has 0 unspecified atom stereocenters. The molecule has 0 saturated carbocycles. The standard InChI is InChI=1S/C23H36N2O3Si.C15H18N2O2.C8H19BrOSi.Na.H/c1-22(2,3)28-21(26)25(14-15-27-29(7,8)23(4,5)6)20-13-12-18-17(16-24)10-9-11-19(18)20;1-15(2,3)19-14(18)17-13-8-7-11-10(9-16)5-4-6-12(11)13;1-8(2,3)11(4,5)10-7-6-9;;/h9-11,20H,12-15H2,1-8H3;4-6,13H,7-8H2,1-3H3,(H,17,18);6-7H2,1-5H3;;/q;;;+1;-1/t20-;13-;;;/m00.../s1/i20D;13D;;;. The van der Waals surface area contributed by atoms with Crippen molar-refractivity contribution in [2.75, 3.05) is 25.1 Å². The Bertz CT molecular complexity index is 1940. The average molecular weight is 940 g/mol. The van der Waals surface area contributed by atoms with Gasteiger partial charge in [-0.1, -0.05) is 81.7 Å². The van der Waals surface area contributed by atoms with Gasteiger partial charge in [0, 0.05) is 18.5 Å². The number of benzene rings is 2. The van der Waals surface area contributed by atoms with E-state index in [1.54, 1.807) is 51.1 Å². The molecule has 10 nitrogen and oxygen atoms in total. The number of alkyl carbamates (subject to hydrolysis) is 1. The summed E-state index contributed by atoms with van der Waals surface area (Å²) in [6, 6.07) is 12.5. The largest absolute Gasteiger partial charge is 1.00 e. The molecule has 4 rings (SSSR count). The molecule has 0 bridgehead atoms. The summed E-state index contributed by atoms with van der Waals surface area (Å²) in [5.74, 6) is 0. The number of ether oxygens (including phenoxy) is 2. The van der Waals surface area contributed by atoms with Crippen molar-refractivity contribution in [2.45, 2.75) is 168 Å². The van der Waals surface area contributed by atoms with E-state index in [0.29, 0.717) is 59.6 Å². The number of rotatable bonds is 9. The zero-order valence-electron chi connectivity index (χ0n) is 42.8. The van der Waals surface area contributed by atoms with Gasteiger partial charge < -0.3 is 25.1 Å². The van der Waals surface area contributed by atoms with Crippen molar-refractivity contribution >= 4 is 44.8 Å². The Morgan fingerprint density at radius 3 is 1.68 bits per heavy atom. The summed E-state index contributed by atoms with van der Waals surface area (Å²) in [5, 5.41) is 22.5. The minimum absolute atomic E-state index is 0. The molecule has 0 radical (unpaired) electrons. The molecule has 0 aromatic heterocycles. The minimum atomic E-state index is -1.99. The monoisotopic (exact) mass is 938 g/mol. The van der Waals surface area contributed by atoms with Crippen molar-refractivity contribution < 1.29 is 61.6 Å². The van der Waals surface area contributed by atoms with Gasteiger partial charge in [-0.2, -0.15) is 10.5 Å². The third-order valence-electron chi connectivity index (χ3n) is 11.0. The van der Waals surface area contributed by atoms with Gasteiger partial charge in [0.1, 0.15) is 11.2 Å². The molecule has 0 heterocycles. The van der Waals surface area contributed by atoms with Crippen molar-refractivity contribution in [1.82, 2.24) is 10.2 Å². The van der Waals surface area contributed by atoms with Gasteiger partial charge in [0.2, 0.25) is 0 Å². The first-order valence-electron chi connectivity index (χ1n) is 21.6. The second-order valence-electron chi connectivity index (χ2n) is 20.0. The SMILES string of the molecule is CC(C)(C)[Si](C)(C)OCCBr.[2H][C@]1(N(CCO[Si](C)(C)C(C)(C)C)C(=O)OC(C)(C)C)CCc2c(C#N)cccc21.[2H][C@]1(NC(=O)OC(C)(C)C)CCc2c(C#N)cccc21.[H-].[Na+]. The Kier molecular flexibility index (Phi) is 19.9. The Morgan fingerprint density at radius 2 is 1.23 bits per heavy atom. The van der Waals surface area contributed by atoms with E-state index in [0.717, 1.165) is 23.1 Å². The van der Waals surface area contributed by atoms with Gasteiger partial charge >= 0.3 is 41.7 Å². The van der Waals surface area contributed by atoms with Crippen molar-refractivity contribution in [2.24, 2.45) is 0 Å². The molecule has 0 aliphatic heterocycles. The maximum atomic E-state index is 13.1. The van der Waals surface area contributed by atoms with E-state index < -0.39 is 52.1 Å². The average Bonchev–Trinajstić information content (AvgIpc) is 3.63.